The average molecular weight is 741 g/mol. The average Bonchev–Trinajstić information content (AvgIpc) is 3.98. The molecular weight excluding hydrogens is 713 g/mol. The summed E-state index contributed by atoms with van der Waals surface area (Å²) in [5, 5.41) is 3.28. The Morgan fingerprint density at radius 1 is 0.400 bits per heavy atom. The Morgan fingerprint density at radius 3 is 1.84 bits per heavy atom. The van der Waals surface area contributed by atoms with Gasteiger partial charge >= 0.3 is 0 Å². The predicted molar refractivity (Wildman–Crippen MR) is 228 cm³/mol. The molecule has 0 N–H and O–H groups in total. The standard InChI is InChI=1S/C47H28N6S2/c1-3-12-29(13-4-1)43-50-44(30-22-24-31(25-23-30)47-49-37-18-8-10-20-39(37)55-47)52-45(51-43)35-16-11-21-40-42(35)34-27-26-32(28-41(34)54-40)46-48-36-17-7-9-19-38(36)53(46)33-14-5-2-6-15-33/h1-28H. The van der Waals surface area contributed by atoms with E-state index in [1.807, 2.05) is 48.5 Å². The number of para-hydroxylation sites is 4. The van der Waals surface area contributed by atoms with Gasteiger partial charge in [0.05, 0.1) is 21.3 Å². The molecule has 0 atom stereocenters. The lowest BCUT2D eigenvalue weighted by atomic mass is 10.0. The Bertz CT molecular complexity index is 3170. The molecule has 0 saturated heterocycles. The van der Waals surface area contributed by atoms with Crippen LogP contribution < -0.4 is 0 Å². The first-order valence-electron chi connectivity index (χ1n) is 18.0. The molecule has 0 saturated carbocycles. The molecule has 0 amide bonds. The highest BCUT2D eigenvalue weighted by atomic mass is 32.1. The maximum atomic E-state index is 5.16. The summed E-state index contributed by atoms with van der Waals surface area (Å²) in [4.78, 5) is 25.3. The zero-order valence-corrected chi connectivity index (χ0v) is 30.8. The molecule has 4 heterocycles. The van der Waals surface area contributed by atoms with Gasteiger partial charge in [-0.25, -0.2) is 24.9 Å². The molecule has 0 fully saturated rings. The summed E-state index contributed by atoms with van der Waals surface area (Å²) in [5.74, 6) is 2.81. The zero-order valence-electron chi connectivity index (χ0n) is 29.2. The second-order valence-electron chi connectivity index (χ2n) is 13.3. The summed E-state index contributed by atoms with van der Waals surface area (Å²) in [6, 6.07) is 58.6. The predicted octanol–water partition coefficient (Wildman–Crippen LogP) is 12.5. The van der Waals surface area contributed by atoms with Crippen molar-refractivity contribution in [2.24, 2.45) is 0 Å². The Labute approximate surface area is 323 Å². The number of hydrogen-bond acceptors (Lipinski definition) is 7. The minimum absolute atomic E-state index is 0.623. The Morgan fingerprint density at radius 2 is 1.04 bits per heavy atom. The molecule has 55 heavy (non-hydrogen) atoms. The quantitative estimate of drug-likeness (QED) is 0.170. The SMILES string of the molecule is c1ccc(-c2nc(-c3ccc(-c4nc5ccccc5s4)cc3)nc(-c3cccc4sc5cc(-c6nc7ccccc7n6-c6ccccc6)ccc5c34)n2)cc1. The molecule has 11 aromatic rings. The van der Waals surface area contributed by atoms with E-state index in [9.17, 15) is 0 Å². The van der Waals surface area contributed by atoms with E-state index in [2.05, 4.69) is 126 Å². The van der Waals surface area contributed by atoms with E-state index in [1.165, 1.54) is 14.1 Å². The molecule has 0 unspecified atom stereocenters. The molecule has 0 aliphatic heterocycles. The van der Waals surface area contributed by atoms with Crippen molar-refractivity contribution in [1.29, 1.82) is 0 Å². The van der Waals surface area contributed by atoms with Crippen LogP contribution >= 0.6 is 22.7 Å². The molecule has 258 valence electrons. The van der Waals surface area contributed by atoms with Crippen molar-refractivity contribution in [2.45, 2.75) is 0 Å². The molecule has 6 nitrogen and oxygen atoms in total. The van der Waals surface area contributed by atoms with Crippen molar-refractivity contribution >= 4 is 64.1 Å². The van der Waals surface area contributed by atoms with Gasteiger partial charge in [0.1, 0.15) is 10.8 Å². The van der Waals surface area contributed by atoms with Crippen molar-refractivity contribution in [3.63, 3.8) is 0 Å². The van der Waals surface area contributed by atoms with E-state index in [-0.39, 0.29) is 0 Å². The second-order valence-corrected chi connectivity index (χ2v) is 15.4. The van der Waals surface area contributed by atoms with Gasteiger partial charge < -0.3 is 0 Å². The van der Waals surface area contributed by atoms with Crippen LogP contribution in [0.15, 0.2) is 170 Å². The van der Waals surface area contributed by atoms with Crippen LogP contribution in [0.4, 0.5) is 0 Å². The van der Waals surface area contributed by atoms with Crippen LogP contribution in [-0.4, -0.2) is 29.5 Å². The Kier molecular flexibility index (Phi) is 7.43. The number of fused-ring (bicyclic) bond motifs is 5. The molecule has 0 spiro atoms. The van der Waals surface area contributed by atoms with Crippen molar-refractivity contribution in [3.05, 3.63) is 170 Å². The van der Waals surface area contributed by atoms with Crippen LogP contribution in [0.25, 0.3) is 103 Å². The van der Waals surface area contributed by atoms with Crippen LogP contribution in [-0.2, 0) is 0 Å². The summed E-state index contributed by atoms with van der Waals surface area (Å²) in [6.45, 7) is 0. The third-order valence-electron chi connectivity index (χ3n) is 9.92. The number of thiazole rings is 1. The molecule has 0 radical (unpaired) electrons. The maximum Gasteiger partial charge on any atom is 0.164 e. The number of thiophene rings is 1. The van der Waals surface area contributed by atoms with Crippen molar-refractivity contribution < 1.29 is 0 Å². The molecule has 8 heteroatoms. The first kappa shape index (κ1) is 31.6. The fraction of sp³-hybridized carbons (Fsp3) is 0. The van der Waals surface area contributed by atoms with Gasteiger partial charge in [-0.1, -0.05) is 121 Å². The van der Waals surface area contributed by atoms with Crippen LogP contribution in [0.5, 0.6) is 0 Å². The van der Waals surface area contributed by atoms with E-state index >= 15 is 0 Å². The third kappa shape index (κ3) is 5.50. The molecule has 0 bridgehead atoms. The van der Waals surface area contributed by atoms with E-state index < -0.39 is 0 Å². The van der Waals surface area contributed by atoms with Crippen molar-refractivity contribution in [3.8, 4) is 61.8 Å². The Balaban J connectivity index is 1.04. The van der Waals surface area contributed by atoms with Gasteiger partial charge in [0.2, 0.25) is 0 Å². The normalized spacial score (nSPS) is 11.6. The van der Waals surface area contributed by atoms with Gasteiger partial charge in [-0.3, -0.25) is 4.57 Å². The van der Waals surface area contributed by atoms with Gasteiger partial charge in [-0.15, -0.1) is 22.7 Å². The molecule has 11 rings (SSSR count). The number of aromatic nitrogens is 6. The fourth-order valence-corrected chi connectivity index (χ4v) is 9.45. The number of imidazole rings is 1. The molecule has 0 aliphatic carbocycles. The topological polar surface area (TPSA) is 69.4 Å². The van der Waals surface area contributed by atoms with Gasteiger partial charge in [-0.05, 0) is 48.5 Å². The van der Waals surface area contributed by atoms with Crippen molar-refractivity contribution in [2.75, 3.05) is 0 Å². The van der Waals surface area contributed by atoms with Crippen LogP contribution in [0.2, 0.25) is 0 Å². The summed E-state index contributed by atoms with van der Waals surface area (Å²) in [5.41, 5.74) is 9.08. The van der Waals surface area contributed by atoms with Crippen LogP contribution in [0.3, 0.4) is 0 Å². The number of rotatable bonds is 6. The van der Waals surface area contributed by atoms with Crippen LogP contribution in [0.1, 0.15) is 0 Å². The second kappa shape index (κ2) is 12.9. The zero-order chi connectivity index (χ0) is 36.3. The molecule has 7 aromatic carbocycles. The van der Waals surface area contributed by atoms with Gasteiger partial charge in [0.25, 0.3) is 0 Å². The minimum Gasteiger partial charge on any atom is -0.292 e. The maximum absolute atomic E-state index is 5.16. The fourth-order valence-electron chi connectivity index (χ4n) is 7.31. The summed E-state index contributed by atoms with van der Waals surface area (Å²) in [6.07, 6.45) is 0. The summed E-state index contributed by atoms with van der Waals surface area (Å²) in [7, 11) is 0. The summed E-state index contributed by atoms with van der Waals surface area (Å²) >= 11 is 3.47. The van der Waals surface area contributed by atoms with E-state index in [0.717, 1.165) is 71.7 Å². The lowest BCUT2D eigenvalue weighted by Gasteiger charge is -2.10. The minimum atomic E-state index is 0.623. The van der Waals surface area contributed by atoms with E-state index in [4.69, 9.17) is 24.9 Å². The lowest BCUT2D eigenvalue weighted by Crippen LogP contribution is -2.00. The largest absolute Gasteiger partial charge is 0.292 e. The van der Waals surface area contributed by atoms with Crippen LogP contribution in [0, 0.1) is 0 Å². The van der Waals surface area contributed by atoms with E-state index in [0.29, 0.717) is 17.5 Å². The number of nitrogens with zero attached hydrogens (tertiary/aromatic N) is 6. The summed E-state index contributed by atoms with van der Waals surface area (Å²) < 4.78 is 5.77. The van der Waals surface area contributed by atoms with E-state index in [1.54, 1.807) is 22.7 Å². The highest BCUT2D eigenvalue weighted by Crippen LogP contribution is 2.42. The van der Waals surface area contributed by atoms with Gasteiger partial charge in [0, 0.05) is 53.7 Å². The molecule has 4 aromatic heterocycles. The van der Waals surface area contributed by atoms with Gasteiger partial charge in [0.15, 0.2) is 17.5 Å². The Hall–Kier alpha value is -6.87. The smallest absolute Gasteiger partial charge is 0.164 e. The molecular formula is C47H28N6S2. The first-order valence-corrected chi connectivity index (χ1v) is 19.6. The first-order chi connectivity index (χ1) is 27.2. The highest BCUT2D eigenvalue weighted by molar-refractivity contribution is 7.26. The monoisotopic (exact) mass is 740 g/mol. The highest BCUT2D eigenvalue weighted by Gasteiger charge is 2.19. The third-order valence-corrected chi connectivity index (χ3v) is 12.1. The number of benzene rings is 7. The van der Waals surface area contributed by atoms with Crippen molar-refractivity contribution in [1.82, 2.24) is 29.5 Å². The lowest BCUT2D eigenvalue weighted by molar-refractivity contribution is 1.08. The molecule has 0 aliphatic rings. The number of hydrogen-bond donors (Lipinski definition) is 0. The van der Waals surface area contributed by atoms with Gasteiger partial charge in [-0.2, -0.15) is 0 Å².